The highest BCUT2D eigenvalue weighted by atomic mass is 15.4. The summed E-state index contributed by atoms with van der Waals surface area (Å²) in [4.78, 5) is 4.92. The van der Waals surface area contributed by atoms with Crippen LogP contribution in [0.2, 0.25) is 0 Å². The Morgan fingerprint density at radius 1 is 0.833 bits per heavy atom. The fraction of sp³-hybridized carbons (Fsp3) is 0.556. The smallest absolute Gasteiger partial charge is 0.0773 e. The van der Waals surface area contributed by atoms with Crippen molar-refractivity contribution in [2.45, 2.75) is 25.9 Å². The van der Waals surface area contributed by atoms with Gasteiger partial charge < -0.3 is 0 Å². The van der Waals surface area contributed by atoms with E-state index in [1.165, 1.54) is 11.1 Å². The third-order valence-electron chi connectivity index (χ3n) is 4.98. The summed E-state index contributed by atoms with van der Waals surface area (Å²) in [6.45, 7) is 10.7. The highest BCUT2D eigenvalue weighted by Crippen LogP contribution is 2.21. The predicted molar refractivity (Wildman–Crippen MR) is 94.0 cm³/mol. The van der Waals surface area contributed by atoms with E-state index in [0.717, 1.165) is 39.3 Å². The lowest BCUT2D eigenvalue weighted by molar-refractivity contribution is 0.109. The highest BCUT2D eigenvalue weighted by Gasteiger charge is 2.28. The molecular weight excluding hydrogens is 300 g/mol. The van der Waals surface area contributed by atoms with Gasteiger partial charge in [0.15, 0.2) is 0 Å². The van der Waals surface area contributed by atoms with Crippen molar-refractivity contribution >= 4 is 0 Å². The van der Waals surface area contributed by atoms with Gasteiger partial charge in [0.25, 0.3) is 0 Å². The quantitative estimate of drug-likeness (QED) is 0.757. The Hall–Kier alpha value is -1.92. The van der Waals surface area contributed by atoms with E-state index in [1.807, 2.05) is 12.4 Å². The summed E-state index contributed by atoms with van der Waals surface area (Å²) in [5.41, 5.74) is 2.48. The Kier molecular flexibility index (Phi) is 4.24. The molecule has 6 heteroatoms. The lowest BCUT2D eigenvalue weighted by Crippen LogP contribution is -2.48. The Morgan fingerprint density at radius 2 is 1.25 bits per heavy atom. The number of aromatic nitrogens is 4. The minimum Gasteiger partial charge on any atom is -0.295 e. The first-order valence-corrected chi connectivity index (χ1v) is 8.78. The van der Waals surface area contributed by atoms with E-state index >= 15 is 0 Å². The SMILES string of the molecule is Cc1cnn(C2CN(C/C=C/CN3CC(n4cc(C)cn4)C3)C2)c1. The van der Waals surface area contributed by atoms with Crippen LogP contribution in [0, 0.1) is 13.8 Å². The number of aryl methyl sites for hydroxylation is 2. The van der Waals surface area contributed by atoms with E-state index in [-0.39, 0.29) is 0 Å². The van der Waals surface area contributed by atoms with Crippen LogP contribution in [-0.2, 0) is 0 Å². The van der Waals surface area contributed by atoms with Gasteiger partial charge in [-0.2, -0.15) is 10.2 Å². The van der Waals surface area contributed by atoms with Crippen LogP contribution in [-0.4, -0.2) is 68.6 Å². The molecule has 0 saturated carbocycles. The van der Waals surface area contributed by atoms with Crippen LogP contribution < -0.4 is 0 Å². The van der Waals surface area contributed by atoms with Gasteiger partial charge in [-0.15, -0.1) is 0 Å². The van der Waals surface area contributed by atoms with Gasteiger partial charge in [0.1, 0.15) is 0 Å². The van der Waals surface area contributed by atoms with Crippen LogP contribution in [0.25, 0.3) is 0 Å². The van der Waals surface area contributed by atoms with Gasteiger partial charge in [0.05, 0.1) is 24.5 Å². The first kappa shape index (κ1) is 15.6. The van der Waals surface area contributed by atoms with Crippen LogP contribution in [0.1, 0.15) is 23.2 Å². The van der Waals surface area contributed by atoms with Crippen molar-refractivity contribution in [3.05, 3.63) is 48.1 Å². The van der Waals surface area contributed by atoms with E-state index < -0.39 is 0 Å². The number of hydrogen-bond acceptors (Lipinski definition) is 4. The Morgan fingerprint density at radius 3 is 1.58 bits per heavy atom. The molecule has 0 aromatic carbocycles. The van der Waals surface area contributed by atoms with Crippen LogP contribution in [0.5, 0.6) is 0 Å². The molecule has 2 saturated heterocycles. The maximum Gasteiger partial charge on any atom is 0.0773 e. The van der Waals surface area contributed by atoms with Crippen LogP contribution >= 0.6 is 0 Å². The molecule has 2 aromatic heterocycles. The fourth-order valence-corrected chi connectivity index (χ4v) is 3.43. The molecule has 0 unspecified atom stereocenters. The van der Waals surface area contributed by atoms with Gasteiger partial charge in [0, 0.05) is 51.7 Å². The maximum absolute atomic E-state index is 4.40. The van der Waals surface area contributed by atoms with E-state index in [1.54, 1.807) is 0 Å². The number of likely N-dealkylation sites (tertiary alicyclic amines) is 2. The molecule has 0 N–H and O–H groups in total. The summed E-state index contributed by atoms with van der Waals surface area (Å²) in [6, 6.07) is 1.11. The average molecular weight is 326 g/mol. The van der Waals surface area contributed by atoms with Gasteiger partial charge in [-0.25, -0.2) is 0 Å². The third-order valence-corrected chi connectivity index (χ3v) is 4.98. The topological polar surface area (TPSA) is 42.1 Å². The summed E-state index contributed by atoms with van der Waals surface area (Å²) in [5, 5.41) is 8.80. The summed E-state index contributed by atoms with van der Waals surface area (Å²) in [6.07, 6.45) is 12.8. The second-order valence-corrected chi connectivity index (χ2v) is 7.21. The van der Waals surface area contributed by atoms with E-state index in [2.05, 4.69) is 67.8 Å². The largest absolute Gasteiger partial charge is 0.295 e. The molecule has 0 amide bonds. The van der Waals surface area contributed by atoms with Gasteiger partial charge in [-0.05, 0) is 25.0 Å². The van der Waals surface area contributed by atoms with E-state index in [9.17, 15) is 0 Å². The van der Waals surface area contributed by atoms with Crippen molar-refractivity contribution in [1.82, 2.24) is 29.4 Å². The lowest BCUT2D eigenvalue weighted by Gasteiger charge is -2.39. The molecule has 4 rings (SSSR count). The Labute approximate surface area is 143 Å². The molecule has 24 heavy (non-hydrogen) atoms. The molecule has 0 bridgehead atoms. The molecule has 6 nitrogen and oxygen atoms in total. The molecule has 128 valence electrons. The molecule has 0 atom stereocenters. The average Bonchev–Trinajstić information content (AvgIpc) is 3.07. The lowest BCUT2D eigenvalue weighted by atomic mass is 10.1. The minimum atomic E-state index is 0.556. The molecule has 2 aromatic rings. The molecule has 2 aliphatic rings. The fourth-order valence-electron chi connectivity index (χ4n) is 3.43. The zero-order valence-corrected chi connectivity index (χ0v) is 14.5. The van der Waals surface area contributed by atoms with Crippen molar-refractivity contribution in [2.24, 2.45) is 0 Å². The summed E-state index contributed by atoms with van der Waals surface area (Å²) in [5.74, 6) is 0. The minimum absolute atomic E-state index is 0.556. The van der Waals surface area contributed by atoms with Crippen LogP contribution in [0.15, 0.2) is 36.9 Å². The molecule has 0 spiro atoms. The first-order valence-electron chi connectivity index (χ1n) is 8.78. The van der Waals surface area contributed by atoms with Crippen molar-refractivity contribution in [3.8, 4) is 0 Å². The van der Waals surface area contributed by atoms with Gasteiger partial charge in [0.2, 0.25) is 0 Å². The Bertz CT molecular complexity index is 642. The highest BCUT2D eigenvalue weighted by molar-refractivity contribution is 5.04. The van der Waals surface area contributed by atoms with E-state index in [0.29, 0.717) is 12.1 Å². The van der Waals surface area contributed by atoms with Crippen molar-refractivity contribution in [2.75, 3.05) is 39.3 Å². The third kappa shape index (κ3) is 3.30. The molecular formula is C18H26N6. The second kappa shape index (κ2) is 6.53. The monoisotopic (exact) mass is 326 g/mol. The number of hydrogen-bond donors (Lipinski definition) is 0. The van der Waals surface area contributed by atoms with E-state index in [4.69, 9.17) is 0 Å². The zero-order valence-electron chi connectivity index (χ0n) is 14.5. The summed E-state index contributed by atoms with van der Waals surface area (Å²) < 4.78 is 4.21. The number of nitrogens with zero attached hydrogens (tertiary/aromatic N) is 6. The second-order valence-electron chi connectivity index (χ2n) is 7.21. The van der Waals surface area contributed by atoms with Gasteiger partial charge >= 0.3 is 0 Å². The zero-order chi connectivity index (χ0) is 16.5. The predicted octanol–water partition coefficient (Wildman–Crippen LogP) is 1.67. The van der Waals surface area contributed by atoms with Gasteiger partial charge in [-0.1, -0.05) is 12.2 Å². The standard InChI is InChI=1S/C18H26N6/c1-15-7-19-23(9-15)17-11-21(12-17)5-3-4-6-22-13-18(14-22)24-10-16(2)8-20-24/h3-4,7-10,17-18H,5-6,11-14H2,1-2H3/b4-3+. The summed E-state index contributed by atoms with van der Waals surface area (Å²) >= 11 is 0. The van der Waals surface area contributed by atoms with Crippen LogP contribution in [0.3, 0.4) is 0 Å². The van der Waals surface area contributed by atoms with Gasteiger partial charge in [-0.3, -0.25) is 19.2 Å². The first-order chi connectivity index (χ1) is 11.7. The summed E-state index contributed by atoms with van der Waals surface area (Å²) in [7, 11) is 0. The van der Waals surface area contributed by atoms with Crippen molar-refractivity contribution < 1.29 is 0 Å². The maximum atomic E-state index is 4.40. The molecule has 2 aliphatic heterocycles. The van der Waals surface area contributed by atoms with Crippen molar-refractivity contribution in [1.29, 1.82) is 0 Å². The van der Waals surface area contributed by atoms with Crippen molar-refractivity contribution in [3.63, 3.8) is 0 Å². The Balaban J connectivity index is 1.12. The molecule has 2 fully saturated rings. The molecule has 4 heterocycles. The van der Waals surface area contributed by atoms with Crippen LogP contribution in [0.4, 0.5) is 0 Å². The number of rotatable bonds is 6. The molecule has 0 aliphatic carbocycles. The molecule has 0 radical (unpaired) electrons. The normalized spacial score (nSPS) is 20.6.